The Kier molecular flexibility index (Phi) is 8.94. The third-order valence-electron chi connectivity index (χ3n) is 5.44. The molecular formula is C24H33N3O3S. The number of methoxy groups -OCH3 is 2. The van der Waals surface area contributed by atoms with Crippen LogP contribution in [0.3, 0.4) is 0 Å². The summed E-state index contributed by atoms with van der Waals surface area (Å²) in [7, 11) is 3.37. The van der Waals surface area contributed by atoms with Crippen LogP contribution in [0.2, 0.25) is 0 Å². The van der Waals surface area contributed by atoms with E-state index in [1.54, 1.807) is 14.2 Å². The van der Waals surface area contributed by atoms with E-state index in [2.05, 4.69) is 46.3 Å². The zero-order chi connectivity index (χ0) is 22.1. The van der Waals surface area contributed by atoms with Crippen molar-refractivity contribution >= 4 is 23.0 Å². The Balaban J connectivity index is 1.71. The van der Waals surface area contributed by atoms with Gasteiger partial charge in [0, 0.05) is 44.0 Å². The standard InChI is InChI=1S/C24H33N3O3S/c1-19-5-7-21(8-6-19)25-24(31)27(12-4-11-26-13-15-30-16-14-26)18-20-17-22(28-2)9-10-23(20)29-3/h5-10,17H,4,11-16,18H2,1-3H3,(H,25,31). The van der Waals surface area contributed by atoms with Crippen molar-refractivity contribution in [3.63, 3.8) is 0 Å². The van der Waals surface area contributed by atoms with Crippen molar-refractivity contribution in [1.82, 2.24) is 9.80 Å². The highest BCUT2D eigenvalue weighted by atomic mass is 32.1. The van der Waals surface area contributed by atoms with Crippen LogP contribution in [0, 0.1) is 6.92 Å². The monoisotopic (exact) mass is 443 g/mol. The number of rotatable bonds is 9. The first kappa shape index (κ1) is 23.3. The molecule has 2 aromatic carbocycles. The van der Waals surface area contributed by atoms with Crippen molar-refractivity contribution < 1.29 is 14.2 Å². The fourth-order valence-electron chi connectivity index (χ4n) is 3.61. The van der Waals surface area contributed by atoms with Crippen LogP contribution >= 0.6 is 12.2 Å². The number of morpholine rings is 1. The molecule has 0 saturated carbocycles. The molecule has 0 aromatic heterocycles. The molecule has 1 saturated heterocycles. The maximum absolute atomic E-state index is 5.81. The van der Waals surface area contributed by atoms with Crippen molar-refractivity contribution in [3.05, 3.63) is 53.6 Å². The van der Waals surface area contributed by atoms with Crippen LogP contribution < -0.4 is 14.8 Å². The fraction of sp³-hybridized carbons (Fsp3) is 0.458. The smallest absolute Gasteiger partial charge is 0.173 e. The second kappa shape index (κ2) is 11.9. The van der Waals surface area contributed by atoms with Crippen molar-refractivity contribution in [2.24, 2.45) is 0 Å². The summed E-state index contributed by atoms with van der Waals surface area (Å²) in [5.41, 5.74) is 3.26. The number of nitrogens with zero attached hydrogens (tertiary/aromatic N) is 2. The molecule has 1 N–H and O–H groups in total. The van der Waals surface area contributed by atoms with Gasteiger partial charge in [-0.1, -0.05) is 17.7 Å². The van der Waals surface area contributed by atoms with Crippen molar-refractivity contribution in [3.8, 4) is 11.5 Å². The summed E-state index contributed by atoms with van der Waals surface area (Å²) in [6.45, 7) is 8.22. The minimum absolute atomic E-state index is 0.640. The Morgan fingerprint density at radius 3 is 2.52 bits per heavy atom. The lowest BCUT2D eigenvalue weighted by molar-refractivity contribution is 0.0367. The van der Waals surface area contributed by atoms with Gasteiger partial charge >= 0.3 is 0 Å². The maximum atomic E-state index is 5.81. The van der Waals surface area contributed by atoms with Crippen LogP contribution in [-0.4, -0.2) is 68.5 Å². The van der Waals surface area contributed by atoms with E-state index in [0.29, 0.717) is 11.7 Å². The van der Waals surface area contributed by atoms with Gasteiger partial charge in [0.1, 0.15) is 11.5 Å². The molecule has 1 aliphatic heterocycles. The van der Waals surface area contributed by atoms with Gasteiger partial charge in [0.25, 0.3) is 0 Å². The number of nitrogens with one attached hydrogen (secondary N) is 1. The molecule has 3 rings (SSSR count). The molecule has 0 spiro atoms. The first-order chi connectivity index (χ1) is 15.1. The van der Waals surface area contributed by atoms with E-state index in [0.717, 1.165) is 68.6 Å². The average Bonchev–Trinajstić information content (AvgIpc) is 2.80. The molecule has 1 heterocycles. The predicted molar refractivity (Wildman–Crippen MR) is 129 cm³/mol. The molecule has 0 aliphatic carbocycles. The van der Waals surface area contributed by atoms with Gasteiger partial charge in [-0.05, 0) is 55.9 Å². The summed E-state index contributed by atoms with van der Waals surface area (Å²) in [6.07, 6.45) is 1.02. The van der Waals surface area contributed by atoms with Gasteiger partial charge in [-0.3, -0.25) is 4.90 Å². The van der Waals surface area contributed by atoms with Crippen LogP contribution in [0.1, 0.15) is 17.5 Å². The third kappa shape index (κ3) is 7.09. The number of aryl methyl sites for hydroxylation is 1. The lowest BCUT2D eigenvalue weighted by Gasteiger charge is -2.30. The van der Waals surface area contributed by atoms with E-state index in [1.165, 1.54) is 5.56 Å². The van der Waals surface area contributed by atoms with E-state index in [4.69, 9.17) is 26.4 Å². The molecule has 31 heavy (non-hydrogen) atoms. The second-order valence-corrected chi connectivity index (χ2v) is 8.09. The highest BCUT2D eigenvalue weighted by Crippen LogP contribution is 2.26. The Bertz CT molecular complexity index is 838. The van der Waals surface area contributed by atoms with E-state index in [1.807, 2.05) is 18.2 Å². The van der Waals surface area contributed by atoms with Crippen LogP contribution in [-0.2, 0) is 11.3 Å². The lowest BCUT2D eigenvalue weighted by atomic mass is 10.1. The quantitative estimate of drug-likeness (QED) is 0.589. The highest BCUT2D eigenvalue weighted by Gasteiger charge is 2.16. The first-order valence-electron chi connectivity index (χ1n) is 10.7. The second-order valence-electron chi connectivity index (χ2n) is 7.70. The largest absolute Gasteiger partial charge is 0.497 e. The lowest BCUT2D eigenvalue weighted by Crippen LogP contribution is -2.40. The molecular weight excluding hydrogens is 410 g/mol. The van der Waals surface area contributed by atoms with Gasteiger partial charge in [0.15, 0.2) is 5.11 Å². The molecule has 6 nitrogen and oxygen atoms in total. The zero-order valence-corrected chi connectivity index (χ0v) is 19.5. The minimum Gasteiger partial charge on any atom is -0.497 e. The molecule has 1 aliphatic rings. The Labute approximate surface area is 191 Å². The molecule has 7 heteroatoms. The van der Waals surface area contributed by atoms with Crippen molar-refractivity contribution in [2.75, 3.05) is 58.9 Å². The van der Waals surface area contributed by atoms with Crippen molar-refractivity contribution in [2.45, 2.75) is 19.9 Å². The van der Waals surface area contributed by atoms with Crippen LogP contribution in [0.5, 0.6) is 11.5 Å². The van der Waals surface area contributed by atoms with Gasteiger partial charge in [0.2, 0.25) is 0 Å². The number of thiocarbonyl (C=S) groups is 1. The van der Waals surface area contributed by atoms with E-state index in [-0.39, 0.29) is 0 Å². The molecule has 0 amide bonds. The van der Waals surface area contributed by atoms with Gasteiger partial charge < -0.3 is 24.4 Å². The highest BCUT2D eigenvalue weighted by molar-refractivity contribution is 7.80. The van der Waals surface area contributed by atoms with Crippen LogP contribution in [0.15, 0.2) is 42.5 Å². The molecule has 0 unspecified atom stereocenters. The summed E-state index contributed by atoms with van der Waals surface area (Å²) in [5.74, 6) is 1.64. The molecule has 0 radical (unpaired) electrons. The summed E-state index contributed by atoms with van der Waals surface area (Å²) >= 11 is 5.81. The summed E-state index contributed by atoms with van der Waals surface area (Å²) in [6, 6.07) is 14.1. The predicted octanol–water partition coefficient (Wildman–Crippen LogP) is 3.93. The number of hydrogen-bond acceptors (Lipinski definition) is 5. The molecule has 0 bridgehead atoms. The van der Waals surface area contributed by atoms with E-state index < -0.39 is 0 Å². The maximum Gasteiger partial charge on any atom is 0.173 e. The Hall–Kier alpha value is -2.35. The Morgan fingerprint density at radius 1 is 1.10 bits per heavy atom. The van der Waals surface area contributed by atoms with E-state index >= 15 is 0 Å². The Morgan fingerprint density at radius 2 is 1.84 bits per heavy atom. The number of ether oxygens (including phenoxy) is 3. The molecule has 168 valence electrons. The van der Waals surface area contributed by atoms with Gasteiger partial charge in [0.05, 0.1) is 27.4 Å². The van der Waals surface area contributed by atoms with Crippen LogP contribution in [0.4, 0.5) is 5.69 Å². The van der Waals surface area contributed by atoms with Crippen molar-refractivity contribution in [1.29, 1.82) is 0 Å². The summed E-state index contributed by atoms with van der Waals surface area (Å²) in [5, 5.41) is 4.10. The molecule has 0 atom stereocenters. The SMILES string of the molecule is COc1ccc(OC)c(CN(CCCN2CCOCC2)C(=S)Nc2ccc(C)cc2)c1. The number of hydrogen-bond donors (Lipinski definition) is 1. The first-order valence-corrected chi connectivity index (χ1v) is 11.1. The minimum atomic E-state index is 0.640. The number of anilines is 1. The van der Waals surface area contributed by atoms with Gasteiger partial charge in [-0.2, -0.15) is 0 Å². The molecule has 1 fully saturated rings. The topological polar surface area (TPSA) is 46.2 Å². The number of benzene rings is 2. The molecule has 2 aromatic rings. The summed E-state index contributed by atoms with van der Waals surface area (Å²) < 4.78 is 16.5. The zero-order valence-electron chi connectivity index (χ0n) is 18.7. The van der Waals surface area contributed by atoms with Crippen LogP contribution in [0.25, 0.3) is 0 Å². The average molecular weight is 444 g/mol. The van der Waals surface area contributed by atoms with Gasteiger partial charge in [-0.15, -0.1) is 0 Å². The normalized spacial score (nSPS) is 14.2. The third-order valence-corrected chi connectivity index (χ3v) is 5.81. The van der Waals surface area contributed by atoms with E-state index in [9.17, 15) is 0 Å². The fourth-order valence-corrected chi connectivity index (χ4v) is 3.89. The summed E-state index contributed by atoms with van der Waals surface area (Å²) in [4.78, 5) is 4.65. The van der Waals surface area contributed by atoms with Gasteiger partial charge in [-0.25, -0.2) is 0 Å².